The van der Waals surface area contributed by atoms with Gasteiger partial charge in [-0.25, -0.2) is 17.8 Å². The van der Waals surface area contributed by atoms with Crippen LogP contribution in [-0.4, -0.2) is 29.7 Å². The van der Waals surface area contributed by atoms with Gasteiger partial charge in [0.1, 0.15) is 23.1 Å². The van der Waals surface area contributed by atoms with Gasteiger partial charge in [-0.05, 0) is 32.0 Å². The standard InChI is InChI=1S/C17H16FN3O5S/c1-10-6-15(21-26-10)20-16(22)11(2)27(23,24)9-14-8-25-17(19-14)12-4-3-5-13(18)7-12/h3-8,11H,9H2,1-2H3,(H,20,21,22). The number of halogens is 1. The van der Waals surface area contributed by atoms with E-state index in [0.717, 1.165) is 0 Å². The zero-order valence-corrected chi connectivity index (χ0v) is 15.3. The van der Waals surface area contributed by atoms with Gasteiger partial charge in [0.05, 0.1) is 11.4 Å². The molecule has 3 aromatic rings. The van der Waals surface area contributed by atoms with Crippen LogP contribution in [0, 0.1) is 12.7 Å². The van der Waals surface area contributed by atoms with E-state index in [1.165, 1.54) is 37.5 Å². The number of aromatic nitrogens is 2. The predicted molar refractivity (Wildman–Crippen MR) is 93.9 cm³/mol. The Morgan fingerprint density at radius 3 is 2.78 bits per heavy atom. The number of sulfone groups is 1. The fourth-order valence-corrected chi connectivity index (χ4v) is 3.45. The first kappa shape index (κ1) is 18.8. The van der Waals surface area contributed by atoms with Gasteiger partial charge in [0, 0.05) is 11.6 Å². The number of benzene rings is 1. The number of carbonyl (C=O) groups excluding carboxylic acids is 1. The van der Waals surface area contributed by atoms with Crippen molar-refractivity contribution in [1.29, 1.82) is 0 Å². The second-order valence-corrected chi connectivity index (χ2v) is 8.24. The van der Waals surface area contributed by atoms with Crippen LogP contribution in [0.2, 0.25) is 0 Å². The minimum absolute atomic E-state index is 0.0925. The van der Waals surface area contributed by atoms with Gasteiger partial charge in [0.25, 0.3) is 0 Å². The number of hydrogen-bond donors (Lipinski definition) is 1. The molecule has 1 amide bonds. The fraction of sp³-hybridized carbons (Fsp3) is 0.235. The molecule has 2 heterocycles. The molecule has 142 valence electrons. The lowest BCUT2D eigenvalue weighted by Crippen LogP contribution is -2.33. The van der Waals surface area contributed by atoms with Gasteiger partial charge in [-0.3, -0.25) is 4.79 Å². The number of hydrogen-bond acceptors (Lipinski definition) is 7. The molecule has 1 aromatic carbocycles. The van der Waals surface area contributed by atoms with Gasteiger partial charge in [-0.1, -0.05) is 11.2 Å². The Bertz CT molecular complexity index is 1070. The number of carbonyl (C=O) groups is 1. The highest BCUT2D eigenvalue weighted by atomic mass is 32.2. The molecule has 0 saturated carbocycles. The largest absolute Gasteiger partial charge is 0.444 e. The highest BCUT2D eigenvalue weighted by Gasteiger charge is 2.30. The Kier molecular flexibility index (Phi) is 5.08. The van der Waals surface area contributed by atoms with Crippen molar-refractivity contribution in [1.82, 2.24) is 10.1 Å². The van der Waals surface area contributed by atoms with Gasteiger partial charge in [-0.2, -0.15) is 0 Å². The van der Waals surface area contributed by atoms with Gasteiger partial charge >= 0.3 is 0 Å². The minimum atomic E-state index is -3.87. The third kappa shape index (κ3) is 4.40. The maximum Gasteiger partial charge on any atom is 0.243 e. The van der Waals surface area contributed by atoms with Crippen molar-refractivity contribution in [2.45, 2.75) is 24.9 Å². The molecule has 0 radical (unpaired) electrons. The number of aryl methyl sites for hydroxylation is 1. The molecule has 0 spiro atoms. The van der Waals surface area contributed by atoms with Crippen molar-refractivity contribution in [3.05, 3.63) is 53.9 Å². The molecule has 1 unspecified atom stereocenters. The van der Waals surface area contributed by atoms with Crippen LogP contribution in [0.1, 0.15) is 18.4 Å². The smallest absolute Gasteiger partial charge is 0.243 e. The van der Waals surface area contributed by atoms with E-state index in [9.17, 15) is 17.6 Å². The second-order valence-electron chi connectivity index (χ2n) is 5.92. The highest BCUT2D eigenvalue weighted by Crippen LogP contribution is 2.21. The Hall–Kier alpha value is -3.01. The Morgan fingerprint density at radius 2 is 2.11 bits per heavy atom. The van der Waals surface area contributed by atoms with E-state index >= 15 is 0 Å². The van der Waals surface area contributed by atoms with E-state index in [4.69, 9.17) is 8.94 Å². The van der Waals surface area contributed by atoms with Crippen LogP contribution >= 0.6 is 0 Å². The molecule has 10 heteroatoms. The molecule has 27 heavy (non-hydrogen) atoms. The Balaban J connectivity index is 1.71. The number of rotatable bonds is 6. The maximum absolute atomic E-state index is 13.3. The molecule has 0 aliphatic rings. The molecule has 2 aromatic heterocycles. The van der Waals surface area contributed by atoms with Crippen LogP contribution in [0.25, 0.3) is 11.5 Å². The van der Waals surface area contributed by atoms with Gasteiger partial charge in [0.2, 0.25) is 11.8 Å². The monoisotopic (exact) mass is 393 g/mol. The third-order valence-corrected chi connectivity index (χ3v) is 5.75. The number of oxazole rings is 1. The lowest BCUT2D eigenvalue weighted by atomic mass is 10.2. The van der Waals surface area contributed by atoms with Crippen molar-refractivity contribution >= 4 is 21.6 Å². The lowest BCUT2D eigenvalue weighted by Gasteiger charge is -2.10. The zero-order chi connectivity index (χ0) is 19.6. The van der Waals surface area contributed by atoms with E-state index in [1.807, 2.05) is 0 Å². The highest BCUT2D eigenvalue weighted by molar-refractivity contribution is 7.92. The topological polar surface area (TPSA) is 115 Å². The van der Waals surface area contributed by atoms with E-state index in [0.29, 0.717) is 11.3 Å². The van der Waals surface area contributed by atoms with Crippen molar-refractivity contribution in [3.63, 3.8) is 0 Å². The van der Waals surface area contributed by atoms with Crippen LogP contribution in [0.15, 0.2) is 45.5 Å². The van der Waals surface area contributed by atoms with Crippen molar-refractivity contribution in [3.8, 4) is 11.5 Å². The predicted octanol–water partition coefficient (Wildman–Crippen LogP) is 2.72. The van der Waals surface area contributed by atoms with Crippen molar-refractivity contribution in [2.24, 2.45) is 0 Å². The first-order valence-electron chi connectivity index (χ1n) is 7.91. The zero-order valence-electron chi connectivity index (χ0n) is 14.5. The molecule has 0 aliphatic carbocycles. The molecule has 1 atom stereocenters. The van der Waals surface area contributed by atoms with E-state index in [-0.39, 0.29) is 17.4 Å². The summed E-state index contributed by atoms with van der Waals surface area (Å²) in [5, 5.41) is 4.63. The summed E-state index contributed by atoms with van der Waals surface area (Å²) in [7, 11) is -3.87. The Morgan fingerprint density at radius 1 is 1.33 bits per heavy atom. The molecule has 3 rings (SSSR count). The van der Waals surface area contributed by atoms with Gasteiger partial charge < -0.3 is 14.3 Å². The molecule has 0 bridgehead atoms. The second kappa shape index (κ2) is 7.31. The summed E-state index contributed by atoms with van der Waals surface area (Å²) in [6, 6.07) is 7.04. The lowest BCUT2D eigenvalue weighted by molar-refractivity contribution is -0.115. The summed E-state index contributed by atoms with van der Waals surface area (Å²) in [4.78, 5) is 16.2. The molecular weight excluding hydrogens is 377 g/mol. The number of nitrogens with one attached hydrogen (secondary N) is 1. The van der Waals surface area contributed by atoms with Crippen molar-refractivity contribution in [2.75, 3.05) is 5.32 Å². The molecule has 0 aliphatic heterocycles. The van der Waals surface area contributed by atoms with E-state index in [2.05, 4.69) is 15.5 Å². The number of amides is 1. The summed E-state index contributed by atoms with van der Waals surface area (Å²) >= 11 is 0. The molecular formula is C17H16FN3O5S. The maximum atomic E-state index is 13.3. The summed E-state index contributed by atoms with van der Waals surface area (Å²) < 4.78 is 48.3. The Labute approximate surface area is 154 Å². The molecule has 0 fully saturated rings. The summed E-state index contributed by atoms with van der Waals surface area (Å²) in [5.74, 6) is -0.999. The summed E-state index contributed by atoms with van der Waals surface area (Å²) in [6.45, 7) is 2.91. The van der Waals surface area contributed by atoms with Crippen LogP contribution in [-0.2, 0) is 20.4 Å². The first-order chi connectivity index (χ1) is 12.7. The van der Waals surface area contributed by atoms with Crippen LogP contribution < -0.4 is 5.32 Å². The average Bonchev–Trinajstić information content (AvgIpc) is 3.22. The molecule has 8 nitrogen and oxygen atoms in total. The van der Waals surface area contributed by atoms with E-state index < -0.39 is 32.6 Å². The number of nitrogens with zero attached hydrogens (tertiary/aromatic N) is 2. The number of anilines is 1. The van der Waals surface area contributed by atoms with Gasteiger partial charge in [-0.15, -0.1) is 0 Å². The molecule has 1 N–H and O–H groups in total. The fourth-order valence-electron chi connectivity index (χ4n) is 2.27. The van der Waals surface area contributed by atoms with Crippen LogP contribution in [0.4, 0.5) is 10.2 Å². The molecule has 0 saturated heterocycles. The summed E-state index contributed by atoms with van der Waals surface area (Å²) in [6.07, 6.45) is 1.17. The third-order valence-electron chi connectivity index (χ3n) is 3.76. The average molecular weight is 393 g/mol. The van der Waals surface area contributed by atoms with Crippen LogP contribution in [0.5, 0.6) is 0 Å². The van der Waals surface area contributed by atoms with Crippen molar-refractivity contribution < 1.29 is 26.5 Å². The summed E-state index contributed by atoms with van der Waals surface area (Å²) in [5.41, 5.74) is 0.497. The first-order valence-corrected chi connectivity index (χ1v) is 9.62. The SMILES string of the molecule is Cc1cc(NC(=O)C(C)S(=O)(=O)Cc2coc(-c3cccc(F)c3)n2)no1. The van der Waals surface area contributed by atoms with Gasteiger partial charge in [0.15, 0.2) is 15.7 Å². The normalized spacial score (nSPS) is 12.7. The quantitative estimate of drug-likeness (QED) is 0.684. The van der Waals surface area contributed by atoms with E-state index in [1.54, 1.807) is 13.0 Å². The minimum Gasteiger partial charge on any atom is -0.444 e. The van der Waals surface area contributed by atoms with Crippen LogP contribution in [0.3, 0.4) is 0 Å².